The van der Waals surface area contributed by atoms with Gasteiger partial charge in [-0.1, -0.05) is 67.6 Å². The summed E-state index contributed by atoms with van der Waals surface area (Å²) in [5.74, 6) is 0.569. The van der Waals surface area contributed by atoms with Crippen LogP contribution in [-0.2, 0) is 6.54 Å². The molecule has 1 heteroatoms. The molecule has 0 radical (unpaired) electrons. The molecule has 0 aromatic heterocycles. The van der Waals surface area contributed by atoms with E-state index in [9.17, 15) is 0 Å². The summed E-state index contributed by atoms with van der Waals surface area (Å²) in [6.07, 6.45) is 0. The Hall–Kier alpha value is -1.60. The first-order chi connectivity index (χ1) is 8.75. The first-order valence-corrected chi connectivity index (χ1v) is 6.53. The molecule has 1 nitrogen and oxygen atoms in total. The quantitative estimate of drug-likeness (QED) is 0.764. The van der Waals surface area contributed by atoms with E-state index in [2.05, 4.69) is 79.5 Å². The van der Waals surface area contributed by atoms with Gasteiger partial charge >= 0.3 is 0 Å². The van der Waals surface area contributed by atoms with Crippen LogP contribution in [0.1, 0.15) is 24.0 Å². The van der Waals surface area contributed by atoms with Crippen LogP contribution in [0.25, 0.3) is 0 Å². The average Bonchev–Trinajstić information content (AvgIpc) is 2.40. The normalized spacial score (nSPS) is 12.6. The zero-order valence-electron chi connectivity index (χ0n) is 11.2. The van der Waals surface area contributed by atoms with Crippen molar-refractivity contribution >= 4 is 0 Å². The monoisotopic (exact) mass is 239 g/mol. The molecule has 0 amide bonds. The molecule has 0 aliphatic rings. The topological polar surface area (TPSA) is 3.24 Å². The molecular weight excluding hydrogens is 218 g/mol. The van der Waals surface area contributed by atoms with E-state index in [1.165, 1.54) is 11.1 Å². The van der Waals surface area contributed by atoms with Crippen molar-refractivity contribution in [3.8, 4) is 0 Å². The summed E-state index contributed by atoms with van der Waals surface area (Å²) in [5, 5.41) is 0. The van der Waals surface area contributed by atoms with Crippen molar-refractivity contribution in [3.63, 3.8) is 0 Å². The maximum absolute atomic E-state index is 2.38. The Morgan fingerprint density at radius 2 is 1.44 bits per heavy atom. The van der Waals surface area contributed by atoms with Crippen molar-refractivity contribution in [2.24, 2.45) is 0 Å². The van der Waals surface area contributed by atoms with Gasteiger partial charge in [-0.3, -0.25) is 0 Å². The largest absolute Gasteiger partial charge is 0.302 e. The predicted octanol–water partition coefficient (Wildman–Crippen LogP) is 3.92. The number of rotatable bonds is 5. The van der Waals surface area contributed by atoms with Gasteiger partial charge in [0.05, 0.1) is 0 Å². The van der Waals surface area contributed by atoms with Gasteiger partial charge in [0.2, 0.25) is 0 Å². The van der Waals surface area contributed by atoms with E-state index in [0.29, 0.717) is 5.92 Å². The number of likely N-dealkylation sites (N-methyl/N-ethyl adjacent to an activating group) is 1. The molecule has 0 aliphatic heterocycles. The molecule has 0 heterocycles. The molecule has 0 saturated carbocycles. The van der Waals surface area contributed by atoms with E-state index in [0.717, 1.165) is 13.1 Å². The predicted molar refractivity (Wildman–Crippen MR) is 77.6 cm³/mol. The lowest BCUT2D eigenvalue weighted by Gasteiger charge is -2.21. The van der Waals surface area contributed by atoms with Crippen LogP contribution in [0.15, 0.2) is 60.7 Å². The number of hydrogen-bond acceptors (Lipinski definition) is 1. The molecule has 0 unspecified atom stereocenters. The van der Waals surface area contributed by atoms with Crippen molar-refractivity contribution in [2.75, 3.05) is 13.6 Å². The Kier molecular flexibility index (Phi) is 4.54. The van der Waals surface area contributed by atoms with Crippen LogP contribution in [0, 0.1) is 0 Å². The standard InChI is InChI=1S/C17H21N/c1-15(17-11-7-4-8-12-17)13-18(2)14-16-9-5-3-6-10-16/h3-12,15H,13-14H2,1-2H3/t15-/m1/s1. The molecule has 2 aromatic rings. The van der Waals surface area contributed by atoms with Gasteiger partial charge in [0.1, 0.15) is 0 Å². The van der Waals surface area contributed by atoms with Crippen LogP contribution in [0.2, 0.25) is 0 Å². The van der Waals surface area contributed by atoms with Crippen molar-refractivity contribution < 1.29 is 0 Å². The van der Waals surface area contributed by atoms with Gasteiger partial charge in [-0.2, -0.15) is 0 Å². The highest BCUT2D eigenvalue weighted by Gasteiger charge is 2.08. The molecule has 2 rings (SSSR count). The van der Waals surface area contributed by atoms with E-state index < -0.39 is 0 Å². The third kappa shape index (κ3) is 3.71. The molecule has 0 saturated heterocycles. The van der Waals surface area contributed by atoms with Crippen molar-refractivity contribution in [1.82, 2.24) is 4.90 Å². The fourth-order valence-electron chi connectivity index (χ4n) is 2.31. The smallest absolute Gasteiger partial charge is 0.0230 e. The second-order valence-electron chi connectivity index (χ2n) is 4.99. The summed E-state index contributed by atoms with van der Waals surface area (Å²) in [6, 6.07) is 21.4. The fourth-order valence-corrected chi connectivity index (χ4v) is 2.31. The van der Waals surface area contributed by atoms with Gasteiger partial charge in [-0.25, -0.2) is 0 Å². The van der Waals surface area contributed by atoms with E-state index >= 15 is 0 Å². The third-order valence-corrected chi connectivity index (χ3v) is 3.25. The second kappa shape index (κ2) is 6.36. The highest BCUT2D eigenvalue weighted by Crippen LogP contribution is 2.16. The lowest BCUT2D eigenvalue weighted by molar-refractivity contribution is 0.309. The average molecular weight is 239 g/mol. The zero-order chi connectivity index (χ0) is 12.8. The molecule has 94 valence electrons. The van der Waals surface area contributed by atoms with Crippen LogP contribution in [0.5, 0.6) is 0 Å². The Balaban J connectivity index is 1.90. The second-order valence-corrected chi connectivity index (χ2v) is 4.99. The molecule has 0 fully saturated rings. The van der Waals surface area contributed by atoms with E-state index in [4.69, 9.17) is 0 Å². The lowest BCUT2D eigenvalue weighted by Crippen LogP contribution is -2.23. The first-order valence-electron chi connectivity index (χ1n) is 6.53. The zero-order valence-corrected chi connectivity index (χ0v) is 11.2. The number of nitrogens with zero attached hydrogens (tertiary/aromatic N) is 1. The maximum Gasteiger partial charge on any atom is 0.0230 e. The highest BCUT2D eigenvalue weighted by atomic mass is 15.1. The van der Waals surface area contributed by atoms with E-state index in [1.54, 1.807) is 0 Å². The minimum atomic E-state index is 0.569. The number of hydrogen-bond donors (Lipinski definition) is 0. The maximum atomic E-state index is 2.38. The third-order valence-electron chi connectivity index (χ3n) is 3.25. The van der Waals surface area contributed by atoms with Crippen molar-refractivity contribution in [3.05, 3.63) is 71.8 Å². The van der Waals surface area contributed by atoms with Gasteiger partial charge in [-0.05, 0) is 24.1 Å². The highest BCUT2D eigenvalue weighted by molar-refractivity contribution is 5.19. The van der Waals surface area contributed by atoms with Crippen molar-refractivity contribution in [2.45, 2.75) is 19.4 Å². The molecule has 0 N–H and O–H groups in total. The SMILES string of the molecule is C[C@H](CN(C)Cc1ccccc1)c1ccccc1. The molecule has 0 bridgehead atoms. The van der Waals surface area contributed by atoms with Gasteiger partial charge < -0.3 is 4.90 Å². The van der Waals surface area contributed by atoms with Gasteiger partial charge in [0, 0.05) is 13.1 Å². The van der Waals surface area contributed by atoms with Crippen molar-refractivity contribution in [1.29, 1.82) is 0 Å². The molecule has 1 atom stereocenters. The van der Waals surface area contributed by atoms with Crippen LogP contribution in [-0.4, -0.2) is 18.5 Å². The first kappa shape index (κ1) is 12.8. The van der Waals surface area contributed by atoms with Crippen LogP contribution < -0.4 is 0 Å². The Morgan fingerprint density at radius 3 is 2.06 bits per heavy atom. The summed E-state index contributed by atoms with van der Waals surface area (Å²) in [5.41, 5.74) is 2.79. The fraction of sp³-hybridized carbons (Fsp3) is 0.294. The molecule has 0 spiro atoms. The van der Waals surface area contributed by atoms with Crippen LogP contribution in [0.4, 0.5) is 0 Å². The molecule has 18 heavy (non-hydrogen) atoms. The Labute approximate surface area is 110 Å². The van der Waals surface area contributed by atoms with E-state index in [1.807, 2.05) is 0 Å². The van der Waals surface area contributed by atoms with Gasteiger partial charge in [-0.15, -0.1) is 0 Å². The Morgan fingerprint density at radius 1 is 0.889 bits per heavy atom. The Bertz CT molecular complexity index is 450. The molecule has 2 aromatic carbocycles. The number of benzene rings is 2. The summed E-state index contributed by atoms with van der Waals surface area (Å²) < 4.78 is 0. The van der Waals surface area contributed by atoms with Crippen LogP contribution in [0.3, 0.4) is 0 Å². The summed E-state index contributed by atoms with van der Waals surface area (Å²) in [6.45, 7) is 4.38. The summed E-state index contributed by atoms with van der Waals surface area (Å²) >= 11 is 0. The molecule has 0 aliphatic carbocycles. The lowest BCUT2D eigenvalue weighted by atomic mass is 10.0. The van der Waals surface area contributed by atoms with Gasteiger partial charge in [0.25, 0.3) is 0 Å². The summed E-state index contributed by atoms with van der Waals surface area (Å²) in [7, 11) is 2.19. The molecular formula is C17H21N. The van der Waals surface area contributed by atoms with Gasteiger partial charge in [0.15, 0.2) is 0 Å². The summed E-state index contributed by atoms with van der Waals surface area (Å²) in [4.78, 5) is 2.38. The van der Waals surface area contributed by atoms with Crippen LogP contribution >= 0.6 is 0 Å². The van der Waals surface area contributed by atoms with E-state index in [-0.39, 0.29) is 0 Å². The minimum absolute atomic E-state index is 0.569. The minimum Gasteiger partial charge on any atom is -0.302 e.